The Morgan fingerprint density at radius 1 is 1.10 bits per heavy atom. The van der Waals surface area contributed by atoms with Crippen molar-refractivity contribution >= 4 is 35.0 Å². The minimum atomic E-state index is 0.519. The van der Waals surface area contributed by atoms with Crippen LogP contribution in [0.2, 0.25) is 10.0 Å². The number of aromatic nitrogens is 3. The molecule has 0 radical (unpaired) electrons. The van der Waals surface area contributed by atoms with Crippen molar-refractivity contribution in [2.24, 2.45) is 0 Å². The molecular formula is C21H23Cl2N3O2S. The smallest absolute Gasteiger partial charge is 0.191 e. The number of nitrogens with zero attached hydrogens (tertiary/aromatic N) is 3. The third-order valence-electron chi connectivity index (χ3n) is 4.31. The lowest BCUT2D eigenvalue weighted by molar-refractivity contribution is 0.309. The first kappa shape index (κ1) is 21.8. The monoisotopic (exact) mass is 451 g/mol. The van der Waals surface area contributed by atoms with Gasteiger partial charge in [-0.3, -0.25) is 0 Å². The number of halogens is 2. The van der Waals surface area contributed by atoms with Gasteiger partial charge in [0.1, 0.15) is 17.3 Å². The summed E-state index contributed by atoms with van der Waals surface area (Å²) in [5, 5.41) is 10.8. The number of benzene rings is 2. The lowest BCUT2D eigenvalue weighted by Gasteiger charge is -2.09. The van der Waals surface area contributed by atoms with E-state index in [1.165, 1.54) is 5.56 Å². The standard InChI is InChI=1S/C21H23Cl2N3O2S/c1-3-26-20(8-5-11-28-19-10-9-16(22)13-18(19)23)24-25-21(26)29-14-15-6-4-7-17(12-15)27-2/h4,6-7,9-10,12-13H,3,5,8,11,14H2,1-2H3. The molecule has 5 nitrogen and oxygen atoms in total. The third kappa shape index (κ3) is 6.04. The summed E-state index contributed by atoms with van der Waals surface area (Å²) in [4.78, 5) is 0. The molecule has 0 spiro atoms. The molecule has 1 heterocycles. The summed E-state index contributed by atoms with van der Waals surface area (Å²) in [7, 11) is 1.68. The number of hydrogen-bond donors (Lipinski definition) is 0. The fourth-order valence-corrected chi connectivity index (χ4v) is 4.27. The van der Waals surface area contributed by atoms with Gasteiger partial charge in [0.2, 0.25) is 0 Å². The molecule has 8 heteroatoms. The van der Waals surface area contributed by atoms with Crippen LogP contribution >= 0.6 is 35.0 Å². The van der Waals surface area contributed by atoms with Gasteiger partial charge in [-0.1, -0.05) is 47.1 Å². The molecule has 0 saturated carbocycles. The number of rotatable bonds is 10. The zero-order valence-corrected chi connectivity index (χ0v) is 18.7. The molecule has 2 aromatic carbocycles. The Kier molecular flexibility index (Phi) is 8.09. The second kappa shape index (κ2) is 10.8. The summed E-state index contributed by atoms with van der Waals surface area (Å²) in [5.41, 5.74) is 1.19. The highest BCUT2D eigenvalue weighted by molar-refractivity contribution is 7.98. The van der Waals surface area contributed by atoms with Crippen LogP contribution in [0.15, 0.2) is 47.6 Å². The largest absolute Gasteiger partial charge is 0.497 e. The molecule has 1 aromatic heterocycles. The minimum absolute atomic E-state index is 0.519. The molecule has 0 aliphatic carbocycles. The van der Waals surface area contributed by atoms with Crippen LogP contribution in [0.25, 0.3) is 0 Å². The van der Waals surface area contributed by atoms with Gasteiger partial charge in [0.15, 0.2) is 5.16 Å². The fraction of sp³-hybridized carbons (Fsp3) is 0.333. The average molecular weight is 452 g/mol. The molecule has 0 aliphatic heterocycles. The van der Waals surface area contributed by atoms with Crippen molar-refractivity contribution in [1.29, 1.82) is 0 Å². The predicted octanol–water partition coefficient (Wildman–Crippen LogP) is 5.92. The first-order valence-corrected chi connectivity index (χ1v) is 11.1. The molecule has 3 rings (SSSR count). The Morgan fingerprint density at radius 3 is 2.72 bits per heavy atom. The van der Waals surface area contributed by atoms with E-state index in [9.17, 15) is 0 Å². The van der Waals surface area contributed by atoms with Crippen molar-refractivity contribution in [2.45, 2.75) is 37.2 Å². The van der Waals surface area contributed by atoms with E-state index < -0.39 is 0 Å². The van der Waals surface area contributed by atoms with E-state index in [0.29, 0.717) is 22.4 Å². The fourth-order valence-electron chi connectivity index (χ4n) is 2.84. The lowest BCUT2D eigenvalue weighted by atomic mass is 10.2. The zero-order valence-electron chi connectivity index (χ0n) is 16.4. The summed E-state index contributed by atoms with van der Waals surface area (Å²) in [6, 6.07) is 13.3. The van der Waals surface area contributed by atoms with Gasteiger partial charge in [0.05, 0.1) is 18.7 Å². The van der Waals surface area contributed by atoms with Crippen LogP contribution < -0.4 is 9.47 Å². The van der Waals surface area contributed by atoms with Gasteiger partial charge in [-0.2, -0.15) is 0 Å². The maximum absolute atomic E-state index is 6.13. The quantitative estimate of drug-likeness (QED) is 0.282. The Hall–Kier alpha value is -1.89. The van der Waals surface area contributed by atoms with Gasteiger partial charge in [-0.05, 0) is 49.2 Å². The van der Waals surface area contributed by atoms with E-state index in [2.05, 4.69) is 27.8 Å². The van der Waals surface area contributed by atoms with E-state index in [1.54, 1.807) is 37.1 Å². The maximum Gasteiger partial charge on any atom is 0.191 e. The van der Waals surface area contributed by atoms with Gasteiger partial charge in [0, 0.05) is 23.7 Å². The summed E-state index contributed by atoms with van der Waals surface area (Å²) in [6.07, 6.45) is 1.60. The Labute approximate surface area is 185 Å². The average Bonchev–Trinajstić information content (AvgIpc) is 3.12. The Bertz CT molecular complexity index is 949. The highest BCUT2D eigenvalue weighted by Gasteiger charge is 2.12. The van der Waals surface area contributed by atoms with Gasteiger partial charge in [0.25, 0.3) is 0 Å². The lowest BCUT2D eigenvalue weighted by Crippen LogP contribution is -2.06. The molecule has 29 heavy (non-hydrogen) atoms. The summed E-state index contributed by atoms with van der Waals surface area (Å²) in [5.74, 6) is 3.28. The van der Waals surface area contributed by atoms with Crippen LogP contribution in [0.5, 0.6) is 11.5 Å². The van der Waals surface area contributed by atoms with E-state index in [4.69, 9.17) is 32.7 Å². The van der Waals surface area contributed by atoms with Crippen molar-refractivity contribution in [2.75, 3.05) is 13.7 Å². The molecular weight excluding hydrogens is 429 g/mol. The molecule has 0 fully saturated rings. The molecule has 0 saturated heterocycles. The Morgan fingerprint density at radius 2 is 1.97 bits per heavy atom. The van der Waals surface area contributed by atoms with E-state index in [-0.39, 0.29) is 0 Å². The van der Waals surface area contributed by atoms with Gasteiger partial charge >= 0.3 is 0 Å². The molecule has 0 atom stereocenters. The second-order valence-corrected chi connectivity index (χ2v) is 8.10. The molecule has 0 unspecified atom stereocenters. The van der Waals surface area contributed by atoms with Crippen LogP contribution in [0.1, 0.15) is 24.7 Å². The summed E-state index contributed by atoms with van der Waals surface area (Å²) < 4.78 is 13.2. The molecule has 154 valence electrons. The molecule has 0 bridgehead atoms. The SMILES string of the molecule is CCn1c(CCCOc2ccc(Cl)cc2Cl)nnc1SCc1cccc(OC)c1. The minimum Gasteiger partial charge on any atom is -0.497 e. The van der Waals surface area contributed by atoms with Crippen LogP contribution in [0.4, 0.5) is 0 Å². The number of hydrogen-bond acceptors (Lipinski definition) is 5. The molecule has 0 N–H and O–H groups in total. The zero-order chi connectivity index (χ0) is 20.6. The molecule has 0 amide bonds. The van der Waals surface area contributed by atoms with Crippen molar-refractivity contribution in [1.82, 2.24) is 14.8 Å². The predicted molar refractivity (Wildman–Crippen MR) is 119 cm³/mol. The van der Waals surface area contributed by atoms with Crippen LogP contribution in [-0.2, 0) is 18.7 Å². The van der Waals surface area contributed by atoms with E-state index in [1.807, 2.05) is 18.2 Å². The molecule has 0 aliphatic rings. The highest BCUT2D eigenvalue weighted by Crippen LogP contribution is 2.28. The number of methoxy groups -OCH3 is 1. The number of thioether (sulfide) groups is 1. The topological polar surface area (TPSA) is 49.2 Å². The maximum atomic E-state index is 6.13. The van der Waals surface area contributed by atoms with Crippen molar-refractivity contribution in [3.63, 3.8) is 0 Å². The van der Waals surface area contributed by atoms with E-state index >= 15 is 0 Å². The van der Waals surface area contributed by atoms with Gasteiger partial charge < -0.3 is 14.0 Å². The normalized spacial score (nSPS) is 10.9. The number of ether oxygens (including phenoxy) is 2. The van der Waals surface area contributed by atoms with Crippen LogP contribution in [-0.4, -0.2) is 28.5 Å². The molecule has 3 aromatic rings. The Balaban J connectivity index is 1.53. The summed E-state index contributed by atoms with van der Waals surface area (Å²) in [6.45, 7) is 3.48. The summed E-state index contributed by atoms with van der Waals surface area (Å²) >= 11 is 13.7. The van der Waals surface area contributed by atoms with Crippen LogP contribution in [0, 0.1) is 0 Å². The highest BCUT2D eigenvalue weighted by atomic mass is 35.5. The van der Waals surface area contributed by atoms with Crippen LogP contribution in [0.3, 0.4) is 0 Å². The number of aryl methyl sites for hydroxylation is 1. The first-order valence-electron chi connectivity index (χ1n) is 9.36. The third-order valence-corrected chi connectivity index (χ3v) is 5.88. The first-order chi connectivity index (χ1) is 14.1. The van der Waals surface area contributed by atoms with Crippen molar-refractivity contribution in [3.05, 3.63) is 63.9 Å². The second-order valence-electron chi connectivity index (χ2n) is 6.31. The van der Waals surface area contributed by atoms with Gasteiger partial charge in [-0.25, -0.2) is 0 Å². The van der Waals surface area contributed by atoms with Crippen molar-refractivity contribution in [3.8, 4) is 11.5 Å². The van der Waals surface area contributed by atoms with Gasteiger partial charge in [-0.15, -0.1) is 10.2 Å². The van der Waals surface area contributed by atoms with Crippen molar-refractivity contribution < 1.29 is 9.47 Å². The van der Waals surface area contributed by atoms with E-state index in [0.717, 1.165) is 41.9 Å².